The molecular weight excluding hydrogens is 124 g/mol. The molecule has 10 heavy (non-hydrogen) atoms. The second-order valence-electron chi connectivity index (χ2n) is 3.19. The van der Waals surface area contributed by atoms with Gasteiger partial charge in [0, 0.05) is 0 Å². The molecule has 0 N–H and O–H groups in total. The van der Waals surface area contributed by atoms with Crippen LogP contribution < -0.4 is 0 Å². The number of hydrogen-bond acceptors (Lipinski definition) is 1. The summed E-state index contributed by atoms with van der Waals surface area (Å²) >= 11 is 0. The summed E-state index contributed by atoms with van der Waals surface area (Å²) in [5.41, 5.74) is 0.0369. The zero-order valence-electron chi connectivity index (χ0n) is 7.61. The normalized spacial score (nSPS) is 12.0. The van der Waals surface area contributed by atoms with Crippen LogP contribution in [0.2, 0.25) is 0 Å². The molecule has 0 fully saturated rings. The van der Waals surface area contributed by atoms with Crippen molar-refractivity contribution in [3.8, 4) is 0 Å². The minimum absolute atomic E-state index is 0.0369. The zero-order chi connectivity index (χ0) is 8.04. The third kappa shape index (κ3) is 4.80. The molecule has 0 spiro atoms. The van der Waals surface area contributed by atoms with E-state index in [1.54, 1.807) is 0 Å². The molecule has 0 amide bonds. The van der Waals surface area contributed by atoms with E-state index in [9.17, 15) is 0 Å². The van der Waals surface area contributed by atoms with Crippen LogP contribution in [0.5, 0.6) is 0 Å². The number of rotatable bonds is 5. The quantitative estimate of drug-likeness (QED) is 0.537. The number of ether oxygens (including phenoxy) is 1. The van der Waals surface area contributed by atoms with Gasteiger partial charge < -0.3 is 4.74 Å². The predicted octanol–water partition coefficient (Wildman–Crippen LogP) is 3.15. The van der Waals surface area contributed by atoms with Crippen LogP contribution in [0.3, 0.4) is 0 Å². The lowest BCUT2D eigenvalue weighted by atomic mass is 10.1. The van der Waals surface area contributed by atoms with Gasteiger partial charge in [-0.1, -0.05) is 20.3 Å². The van der Waals surface area contributed by atoms with Crippen LogP contribution in [0, 0.1) is 6.61 Å². The maximum Gasteiger partial charge on any atom is 0.0844 e. The third-order valence-corrected chi connectivity index (χ3v) is 1.66. The fourth-order valence-corrected chi connectivity index (χ4v) is 0.486. The summed E-state index contributed by atoms with van der Waals surface area (Å²) in [6.45, 7) is 10.4. The molecular formula is C9H19O. The molecule has 0 atom stereocenters. The van der Waals surface area contributed by atoms with Crippen molar-refractivity contribution in [3.05, 3.63) is 6.61 Å². The van der Waals surface area contributed by atoms with E-state index in [4.69, 9.17) is 4.74 Å². The molecule has 0 saturated carbocycles. The van der Waals surface area contributed by atoms with Gasteiger partial charge in [-0.2, -0.15) is 0 Å². The smallest absolute Gasteiger partial charge is 0.0844 e. The van der Waals surface area contributed by atoms with E-state index < -0.39 is 0 Å². The first-order valence-corrected chi connectivity index (χ1v) is 4.12. The Morgan fingerprint density at radius 2 is 1.90 bits per heavy atom. The van der Waals surface area contributed by atoms with Gasteiger partial charge in [-0.15, -0.1) is 0 Å². The van der Waals surface area contributed by atoms with Gasteiger partial charge in [0.25, 0.3) is 0 Å². The number of hydrogen-bond donors (Lipinski definition) is 0. The molecule has 0 saturated heterocycles. The molecule has 1 heteroatoms. The van der Waals surface area contributed by atoms with Gasteiger partial charge in [0.05, 0.1) is 12.2 Å². The molecule has 1 nitrogen and oxygen atoms in total. The van der Waals surface area contributed by atoms with Crippen molar-refractivity contribution in [3.63, 3.8) is 0 Å². The van der Waals surface area contributed by atoms with Gasteiger partial charge in [-0.25, -0.2) is 0 Å². The van der Waals surface area contributed by atoms with Crippen molar-refractivity contribution in [2.75, 3.05) is 0 Å². The van der Waals surface area contributed by atoms with Crippen LogP contribution in [0.1, 0.15) is 47.0 Å². The summed E-state index contributed by atoms with van der Waals surface area (Å²) in [4.78, 5) is 0. The van der Waals surface area contributed by atoms with Gasteiger partial charge in [0.1, 0.15) is 0 Å². The third-order valence-electron chi connectivity index (χ3n) is 1.66. The highest BCUT2D eigenvalue weighted by atomic mass is 16.5. The summed E-state index contributed by atoms with van der Waals surface area (Å²) in [7, 11) is 0. The topological polar surface area (TPSA) is 9.23 Å². The first-order chi connectivity index (χ1) is 4.62. The fourth-order valence-electron chi connectivity index (χ4n) is 0.486. The second-order valence-corrected chi connectivity index (χ2v) is 3.19. The van der Waals surface area contributed by atoms with Gasteiger partial charge in [-0.05, 0) is 26.7 Å². The van der Waals surface area contributed by atoms with Crippen molar-refractivity contribution in [2.24, 2.45) is 0 Å². The largest absolute Gasteiger partial charge is 0.370 e. The lowest BCUT2D eigenvalue weighted by Crippen LogP contribution is -2.21. The zero-order valence-corrected chi connectivity index (χ0v) is 7.61. The summed E-state index contributed by atoms with van der Waals surface area (Å²) in [5, 5.41) is 0. The Hall–Kier alpha value is -0.0400. The van der Waals surface area contributed by atoms with E-state index in [1.807, 2.05) is 6.61 Å². The van der Waals surface area contributed by atoms with Gasteiger partial charge in [0.2, 0.25) is 0 Å². The van der Waals surface area contributed by atoms with E-state index in [2.05, 4.69) is 27.7 Å². The van der Waals surface area contributed by atoms with Crippen LogP contribution in [-0.2, 0) is 4.74 Å². The molecule has 0 aliphatic carbocycles. The van der Waals surface area contributed by atoms with E-state index in [0.717, 1.165) is 12.8 Å². The van der Waals surface area contributed by atoms with Crippen LogP contribution in [-0.4, -0.2) is 5.60 Å². The lowest BCUT2D eigenvalue weighted by molar-refractivity contribution is 0.0192. The minimum atomic E-state index is 0.0369. The van der Waals surface area contributed by atoms with Crippen LogP contribution in [0.4, 0.5) is 0 Å². The maximum absolute atomic E-state index is 5.49. The molecule has 61 valence electrons. The first kappa shape index (κ1) is 9.96. The van der Waals surface area contributed by atoms with E-state index >= 15 is 0 Å². The van der Waals surface area contributed by atoms with E-state index in [-0.39, 0.29) is 5.60 Å². The van der Waals surface area contributed by atoms with Gasteiger partial charge in [-0.3, -0.25) is 0 Å². The SMILES string of the molecule is CCC[CH]OC(C)(C)CC. The Morgan fingerprint density at radius 3 is 2.30 bits per heavy atom. The molecule has 0 rings (SSSR count). The Bertz CT molecular complexity index is 76.8. The molecule has 0 unspecified atom stereocenters. The number of unbranched alkanes of at least 4 members (excludes halogenated alkanes) is 1. The Morgan fingerprint density at radius 1 is 1.30 bits per heavy atom. The molecule has 1 radical (unpaired) electrons. The molecule has 0 aromatic heterocycles. The highest BCUT2D eigenvalue weighted by Crippen LogP contribution is 2.15. The van der Waals surface area contributed by atoms with E-state index in [1.165, 1.54) is 6.42 Å². The minimum Gasteiger partial charge on any atom is -0.370 e. The van der Waals surface area contributed by atoms with Gasteiger partial charge in [0.15, 0.2) is 0 Å². The standard InChI is InChI=1S/C9H19O/c1-5-7-8-10-9(3,4)6-2/h8H,5-7H2,1-4H3. The second kappa shape index (κ2) is 4.73. The molecule has 0 heterocycles. The highest BCUT2D eigenvalue weighted by Gasteiger charge is 2.14. The van der Waals surface area contributed by atoms with Crippen LogP contribution in [0.15, 0.2) is 0 Å². The summed E-state index contributed by atoms with van der Waals surface area (Å²) in [5.74, 6) is 0. The van der Waals surface area contributed by atoms with Crippen molar-refractivity contribution in [2.45, 2.75) is 52.6 Å². The molecule has 0 aliphatic heterocycles. The average Bonchev–Trinajstić information content (AvgIpc) is 1.89. The van der Waals surface area contributed by atoms with Crippen molar-refractivity contribution in [1.82, 2.24) is 0 Å². The highest BCUT2D eigenvalue weighted by molar-refractivity contribution is 4.67. The van der Waals surface area contributed by atoms with Gasteiger partial charge >= 0.3 is 0 Å². The van der Waals surface area contributed by atoms with E-state index in [0.29, 0.717) is 0 Å². The summed E-state index contributed by atoms with van der Waals surface area (Å²) in [6.07, 6.45) is 3.29. The van der Waals surface area contributed by atoms with Crippen molar-refractivity contribution in [1.29, 1.82) is 0 Å². The van der Waals surface area contributed by atoms with Crippen LogP contribution in [0.25, 0.3) is 0 Å². The monoisotopic (exact) mass is 143 g/mol. The molecule has 0 aromatic rings. The maximum atomic E-state index is 5.49. The Balaban J connectivity index is 3.28. The molecule has 0 aliphatic rings. The van der Waals surface area contributed by atoms with Crippen molar-refractivity contribution < 1.29 is 4.74 Å². The fraction of sp³-hybridized carbons (Fsp3) is 0.889. The van der Waals surface area contributed by atoms with Crippen molar-refractivity contribution >= 4 is 0 Å². The average molecular weight is 143 g/mol. The molecule has 0 bridgehead atoms. The summed E-state index contributed by atoms with van der Waals surface area (Å²) in [6, 6.07) is 0. The van der Waals surface area contributed by atoms with Crippen LogP contribution >= 0.6 is 0 Å². The lowest BCUT2D eigenvalue weighted by Gasteiger charge is -2.22. The Labute approximate surface area is 64.8 Å². The predicted molar refractivity (Wildman–Crippen MR) is 44.7 cm³/mol. The Kier molecular flexibility index (Phi) is 4.71. The molecule has 0 aromatic carbocycles. The summed E-state index contributed by atoms with van der Waals surface area (Å²) < 4.78 is 5.49. The first-order valence-electron chi connectivity index (χ1n) is 4.12.